The average Bonchev–Trinajstić information content (AvgIpc) is 2.57. The van der Waals surface area contributed by atoms with Gasteiger partial charge in [0.1, 0.15) is 5.82 Å². The highest BCUT2D eigenvalue weighted by Gasteiger charge is 2.05. The molecule has 0 saturated carbocycles. The Hall–Kier alpha value is -2.58. The number of benzene rings is 2. The van der Waals surface area contributed by atoms with Crippen LogP contribution in [-0.4, -0.2) is 13.0 Å². The van der Waals surface area contributed by atoms with Crippen molar-refractivity contribution >= 4 is 17.6 Å². The third-order valence-electron chi connectivity index (χ3n) is 3.23. The molecule has 2 N–H and O–H groups in total. The largest absolute Gasteiger partial charge is 0.352 e. The summed E-state index contributed by atoms with van der Waals surface area (Å²) >= 11 is 5.84. The highest BCUT2D eigenvalue weighted by atomic mass is 35.5. The van der Waals surface area contributed by atoms with Gasteiger partial charge in [-0.3, -0.25) is 4.99 Å². The van der Waals surface area contributed by atoms with Crippen molar-refractivity contribution in [2.24, 2.45) is 4.99 Å². The molecular formula is C17H16ClFN4. The fourth-order valence-corrected chi connectivity index (χ4v) is 2.07. The van der Waals surface area contributed by atoms with Gasteiger partial charge in [-0.25, -0.2) is 4.39 Å². The summed E-state index contributed by atoms with van der Waals surface area (Å²) in [6.45, 7) is 0.852. The van der Waals surface area contributed by atoms with Gasteiger partial charge in [-0.05, 0) is 29.8 Å². The average molecular weight is 331 g/mol. The SMILES string of the molecule is CN=C(NCc1ccc(Cl)cc1)NCc1ccc(C#N)cc1F. The van der Waals surface area contributed by atoms with Crippen LogP contribution in [0.5, 0.6) is 0 Å². The molecule has 2 aromatic rings. The quantitative estimate of drug-likeness (QED) is 0.668. The van der Waals surface area contributed by atoms with Crippen molar-refractivity contribution in [3.63, 3.8) is 0 Å². The van der Waals surface area contributed by atoms with Crippen LogP contribution in [0.3, 0.4) is 0 Å². The zero-order valence-corrected chi connectivity index (χ0v) is 13.4. The van der Waals surface area contributed by atoms with E-state index in [-0.39, 0.29) is 6.54 Å². The second kappa shape index (κ2) is 8.16. The van der Waals surface area contributed by atoms with Crippen LogP contribution >= 0.6 is 11.6 Å². The lowest BCUT2D eigenvalue weighted by atomic mass is 10.1. The van der Waals surface area contributed by atoms with Crippen molar-refractivity contribution < 1.29 is 4.39 Å². The summed E-state index contributed by atoms with van der Waals surface area (Å²) in [7, 11) is 1.65. The molecule has 118 valence electrons. The maximum Gasteiger partial charge on any atom is 0.191 e. The number of hydrogen-bond donors (Lipinski definition) is 2. The number of halogens is 2. The molecule has 0 saturated heterocycles. The van der Waals surface area contributed by atoms with E-state index in [1.807, 2.05) is 30.3 Å². The highest BCUT2D eigenvalue weighted by Crippen LogP contribution is 2.10. The van der Waals surface area contributed by atoms with E-state index in [9.17, 15) is 4.39 Å². The van der Waals surface area contributed by atoms with Gasteiger partial charge in [-0.1, -0.05) is 29.8 Å². The molecule has 0 fully saturated rings. The monoisotopic (exact) mass is 330 g/mol. The van der Waals surface area contributed by atoms with Gasteiger partial charge in [0.05, 0.1) is 11.6 Å². The maximum atomic E-state index is 13.8. The first-order valence-electron chi connectivity index (χ1n) is 7.00. The first-order chi connectivity index (χ1) is 11.1. The number of guanidine groups is 1. The third-order valence-corrected chi connectivity index (χ3v) is 3.48. The molecular weight excluding hydrogens is 315 g/mol. The van der Waals surface area contributed by atoms with E-state index in [0.717, 1.165) is 5.56 Å². The Bertz CT molecular complexity index is 735. The standard InChI is InChI=1S/C17H16ClFN4/c1-21-17(22-10-12-3-6-15(18)7-4-12)23-11-14-5-2-13(9-20)8-16(14)19/h2-8H,10-11H2,1H3,(H2,21,22,23). The minimum Gasteiger partial charge on any atom is -0.352 e. The smallest absolute Gasteiger partial charge is 0.191 e. The molecule has 6 heteroatoms. The molecule has 0 amide bonds. The van der Waals surface area contributed by atoms with Crippen molar-refractivity contribution in [2.75, 3.05) is 7.05 Å². The van der Waals surface area contributed by atoms with Crippen molar-refractivity contribution in [1.29, 1.82) is 5.26 Å². The van der Waals surface area contributed by atoms with E-state index in [2.05, 4.69) is 15.6 Å². The summed E-state index contributed by atoms with van der Waals surface area (Å²) in [6, 6.07) is 13.8. The lowest BCUT2D eigenvalue weighted by Gasteiger charge is -2.12. The zero-order chi connectivity index (χ0) is 16.7. The van der Waals surface area contributed by atoms with Crippen LogP contribution < -0.4 is 10.6 Å². The molecule has 0 radical (unpaired) electrons. The van der Waals surface area contributed by atoms with Crippen molar-refractivity contribution in [1.82, 2.24) is 10.6 Å². The molecule has 4 nitrogen and oxygen atoms in total. The molecule has 0 aromatic heterocycles. The van der Waals surface area contributed by atoms with Crippen LogP contribution in [0.1, 0.15) is 16.7 Å². The van der Waals surface area contributed by atoms with Crippen molar-refractivity contribution in [3.05, 3.63) is 70.0 Å². The Morgan fingerprint density at radius 1 is 1.17 bits per heavy atom. The number of hydrogen-bond acceptors (Lipinski definition) is 2. The van der Waals surface area contributed by atoms with Gasteiger partial charge in [0.15, 0.2) is 5.96 Å². The molecule has 0 aliphatic carbocycles. The Labute approximate surface area is 139 Å². The van der Waals surface area contributed by atoms with Crippen LogP contribution in [0.25, 0.3) is 0 Å². The summed E-state index contributed by atoms with van der Waals surface area (Å²) in [4.78, 5) is 4.09. The van der Waals surface area contributed by atoms with Crippen LogP contribution in [0, 0.1) is 17.1 Å². The van der Waals surface area contributed by atoms with Gasteiger partial charge in [-0.15, -0.1) is 0 Å². The third kappa shape index (κ3) is 4.97. The van der Waals surface area contributed by atoms with Crippen LogP contribution in [0.4, 0.5) is 4.39 Å². The Morgan fingerprint density at radius 3 is 2.48 bits per heavy atom. The van der Waals surface area contributed by atoms with E-state index >= 15 is 0 Å². The number of rotatable bonds is 4. The lowest BCUT2D eigenvalue weighted by Crippen LogP contribution is -2.36. The van der Waals surface area contributed by atoms with E-state index < -0.39 is 5.82 Å². The summed E-state index contributed by atoms with van der Waals surface area (Å²) < 4.78 is 13.8. The van der Waals surface area contributed by atoms with Gasteiger partial charge in [0, 0.05) is 30.7 Å². The molecule has 0 unspecified atom stereocenters. The van der Waals surface area contributed by atoms with Gasteiger partial charge in [0.25, 0.3) is 0 Å². The summed E-state index contributed by atoms with van der Waals surface area (Å²) in [5.74, 6) is 0.147. The van der Waals surface area contributed by atoms with Crippen LogP contribution in [0.15, 0.2) is 47.5 Å². The second-order valence-corrected chi connectivity index (χ2v) is 5.26. The lowest BCUT2D eigenvalue weighted by molar-refractivity contribution is 0.604. The molecule has 0 heterocycles. The fraction of sp³-hybridized carbons (Fsp3) is 0.176. The molecule has 23 heavy (non-hydrogen) atoms. The maximum absolute atomic E-state index is 13.8. The zero-order valence-electron chi connectivity index (χ0n) is 12.6. The number of nitrogens with one attached hydrogen (secondary N) is 2. The molecule has 0 aliphatic heterocycles. The number of aliphatic imine (C=N–C) groups is 1. The van der Waals surface area contributed by atoms with Crippen molar-refractivity contribution in [2.45, 2.75) is 13.1 Å². The molecule has 0 atom stereocenters. The van der Waals surface area contributed by atoms with Gasteiger partial charge in [0.2, 0.25) is 0 Å². The summed E-state index contributed by atoms with van der Waals surface area (Å²) in [5.41, 5.74) is 1.83. The Balaban J connectivity index is 1.90. The van der Waals surface area contributed by atoms with E-state index in [0.29, 0.717) is 28.7 Å². The first kappa shape index (κ1) is 16.8. The van der Waals surface area contributed by atoms with Crippen molar-refractivity contribution in [3.8, 4) is 6.07 Å². The Morgan fingerprint density at radius 2 is 1.87 bits per heavy atom. The molecule has 0 spiro atoms. The molecule has 2 rings (SSSR count). The fourth-order valence-electron chi connectivity index (χ4n) is 1.95. The topological polar surface area (TPSA) is 60.2 Å². The van der Waals surface area contributed by atoms with E-state index in [4.69, 9.17) is 16.9 Å². The van der Waals surface area contributed by atoms with E-state index in [1.165, 1.54) is 6.07 Å². The normalized spacial score (nSPS) is 11.0. The van der Waals surface area contributed by atoms with E-state index in [1.54, 1.807) is 19.2 Å². The second-order valence-electron chi connectivity index (χ2n) is 4.82. The molecule has 0 aliphatic rings. The first-order valence-corrected chi connectivity index (χ1v) is 7.37. The summed E-state index contributed by atoms with van der Waals surface area (Å²) in [5, 5.41) is 15.6. The minimum atomic E-state index is -0.412. The molecule has 2 aromatic carbocycles. The van der Waals surface area contributed by atoms with Gasteiger partial charge in [-0.2, -0.15) is 5.26 Å². The predicted octanol–water partition coefficient (Wildman–Crippen LogP) is 3.22. The van der Waals surface area contributed by atoms with Crippen LogP contribution in [0.2, 0.25) is 5.02 Å². The summed E-state index contributed by atoms with van der Waals surface area (Å²) in [6.07, 6.45) is 0. The number of nitriles is 1. The predicted molar refractivity (Wildman–Crippen MR) is 89.6 cm³/mol. The number of nitrogens with zero attached hydrogens (tertiary/aromatic N) is 2. The van der Waals surface area contributed by atoms with Crippen LogP contribution in [-0.2, 0) is 13.1 Å². The van der Waals surface area contributed by atoms with Gasteiger partial charge < -0.3 is 10.6 Å². The van der Waals surface area contributed by atoms with Gasteiger partial charge >= 0.3 is 0 Å². The molecule has 0 bridgehead atoms. The minimum absolute atomic E-state index is 0.276. The highest BCUT2D eigenvalue weighted by molar-refractivity contribution is 6.30. The Kier molecular flexibility index (Phi) is 5.95.